The number of halogens is 1. The first-order valence-electron chi connectivity index (χ1n) is 6.30. The summed E-state index contributed by atoms with van der Waals surface area (Å²) in [6.45, 7) is 5.23. The first-order valence-corrected chi connectivity index (χ1v) is 6.30. The lowest BCUT2D eigenvalue weighted by Gasteiger charge is -2.29. The van der Waals surface area contributed by atoms with Crippen LogP contribution in [0.1, 0.15) is 37.0 Å². The van der Waals surface area contributed by atoms with E-state index in [2.05, 4.69) is 18.7 Å². The quantitative estimate of drug-likeness (QED) is 0.897. The number of rotatable bonds is 3. The number of carboxylic acid groups (broad SMARTS) is 1. The van der Waals surface area contributed by atoms with Gasteiger partial charge in [-0.25, -0.2) is 9.18 Å². The van der Waals surface area contributed by atoms with Crippen LogP contribution in [0, 0.1) is 11.7 Å². The van der Waals surface area contributed by atoms with Gasteiger partial charge in [-0.15, -0.1) is 0 Å². The van der Waals surface area contributed by atoms with Gasteiger partial charge in [0.05, 0.1) is 5.56 Å². The van der Waals surface area contributed by atoms with Gasteiger partial charge in [-0.1, -0.05) is 13.8 Å². The van der Waals surface area contributed by atoms with E-state index in [1.807, 2.05) is 0 Å². The van der Waals surface area contributed by atoms with E-state index in [4.69, 9.17) is 5.11 Å². The van der Waals surface area contributed by atoms with E-state index in [1.54, 1.807) is 6.07 Å². The van der Waals surface area contributed by atoms with Crippen LogP contribution in [0.25, 0.3) is 0 Å². The minimum absolute atomic E-state index is 0.265. The molecule has 1 N–H and O–H groups in total. The van der Waals surface area contributed by atoms with Crippen LogP contribution in [0.3, 0.4) is 0 Å². The van der Waals surface area contributed by atoms with Gasteiger partial charge >= 0.3 is 5.97 Å². The summed E-state index contributed by atoms with van der Waals surface area (Å²) in [5, 5.41) is 8.81. The first-order chi connectivity index (χ1) is 8.50. The molecule has 0 radical (unpaired) electrons. The third-order valence-electron chi connectivity index (χ3n) is 3.58. The molecule has 0 spiro atoms. The molecule has 1 aliphatic heterocycles. The Balaban J connectivity index is 2.29. The van der Waals surface area contributed by atoms with Gasteiger partial charge in [0.25, 0.3) is 0 Å². The van der Waals surface area contributed by atoms with Crippen molar-refractivity contribution in [3.8, 4) is 0 Å². The fraction of sp³-hybridized carbons (Fsp3) is 0.500. The molecule has 0 aromatic heterocycles. The molecule has 0 saturated carbocycles. The second-order valence-corrected chi connectivity index (χ2v) is 5.12. The van der Waals surface area contributed by atoms with E-state index >= 15 is 0 Å². The number of carboxylic acids is 1. The van der Waals surface area contributed by atoms with Crippen molar-refractivity contribution in [1.82, 2.24) is 0 Å². The predicted molar refractivity (Wildman–Crippen MR) is 68.6 cm³/mol. The smallest absolute Gasteiger partial charge is 0.338 e. The van der Waals surface area contributed by atoms with Gasteiger partial charge in [0.1, 0.15) is 5.82 Å². The second-order valence-electron chi connectivity index (χ2n) is 5.12. The number of aromatic carboxylic acids is 1. The van der Waals surface area contributed by atoms with E-state index in [1.165, 1.54) is 12.1 Å². The van der Waals surface area contributed by atoms with Crippen molar-refractivity contribution in [2.45, 2.75) is 32.7 Å². The fourth-order valence-corrected chi connectivity index (χ4v) is 2.66. The first kappa shape index (κ1) is 12.9. The zero-order valence-electron chi connectivity index (χ0n) is 10.7. The van der Waals surface area contributed by atoms with Crippen molar-refractivity contribution in [3.63, 3.8) is 0 Å². The summed E-state index contributed by atoms with van der Waals surface area (Å²) in [5.74, 6) is -1.37. The van der Waals surface area contributed by atoms with Gasteiger partial charge < -0.3 is 10.0 Å². The van der Waals surface area contributed by atoms with Gasteiger partial charge in [-0.05, 0) is 37.0 Å². The van der Waals surface area contributed by atoms with Crippen molar-refractivity contribution in [1.29, 1.82) is 0 Å². The monoisotopic (exact) mass is 251 g/mol. The number of hydrogen-bond donors (Lipinski definition) is 1. The number of anilines is 1. The number of nitrogens with zero attached hydrogens (tertiary/aromatic N) is 1. The molecule has 1 unspecified atom stereocenters. The Kier molecular flexibility index (Phi) is 3.55. The van der Waals surface area contributed by atoms with Crippen LogP contribution in [0.5, 0.6) is 0 Å². The van der Waals surface area contributed by atoms with Gasteiger partial charge in [-0.3, -0.25) is 0 Å². The SMILES string of the molecule is CC(C)C1CCCN1c1ccc(C(=O)O)c(F)c1. The predicted octanol–water partition coefficient (Wildman–Crippen LogP) is 3.15. The third-order valence-corrected chi connectivity index (χ3v) is 3.58. The Morgan fingerprint density at radius 2 is 2.22 bits per heavy atom. The van der Waals surface area contributed by atoms with E-state index in [-0.39, 0.29) is 5.56 Å². The maximum atomic E-state index is 13.7. The van der Waals surface area contributed by atoms with Gasteiger partial charge in [0.15, 0.2) is 0 Å². The summed E-state index contributed by atoms with van der Waals surface area (Å²) in [6, 6.07) is 4.81. The summed E-state index contributed by atoms with van der Waals surface area (Å²) >= 11 is 0. The van der Waals surface area contributed by atoms with Crippen LogP contribution in [-0.4, -0.2) is 23.7 Å². The van der Waals surface area contributed by atoms with Crippen molar-refractivity contribution in [2.75, 3.05) is 11.4 Å². The highest BCUT2D eigenvalue weighted by Crippen LogP contribution is 2.30. The molecule has 1 aromatic carbocycles. The van der Waals surface area contributed by atoms with Crippen LogP contribution < -0.4 is 4.90 Å². The van der Waals surface area contributed by atoms with Crippen molar-refractivity contribution in [3.05, 3.63) is 29.6 Å². The summed E-state index contributed by atoms with van der Waals surface area (Å²) in [6.07, 6.45) is 2.21. The molecule has 1 atom stereocenters. The lowest BCUT2D eigenvalue weighted by atomic mass is 10.0. The van der Waals surface area contributed by atoms with E-state index in [9.17, 15) is 9.18 Å². The average molecular weight is 251 g/mol. The van der Waals surface area contributed by atoms with Crippen LogP contribution in [0.4, 0.5) is 10.1 Å². The summed E-state index contributed by atoms with van der Waals surface area (Å²) in [7, 11) is 0. The van der Waals surface area contributed by atoms with Crippen molar-refractivity contribution >= 4 is 11.7 Å². The molecule has 2 rings (SSSR count). The summed E-state index contributed by atoms with van der Waals surface area (Å²) in [4.78, 5) is 13.0. The highest BCUT2D eigenvalue weighted by atomic mass is 19.1. The van der Waals surface area contributed by atoms with Gasteiger partial charge in [0.2, 0.25) is 0 Å². The molecule has 4 heteroatoms. The molecule has 18 heavy (non-hydrogen) atoms. The molecule has 1 aromatic rings. The van der Waals surface area contributed by atoms with Crippen molar-refractivity contribution in [2.24, 2.45) is 5.92 Å². The highest BCUT2D eigenvalue weighted by molar-refractivity contribution is 5.88. The molecule has 3 nitrogen and oxygen atoms in total. The standard InChI is InChI=1S/C14H18FNO2/c1-9(2)13-4-3-7-16(13)10-5-6-11(14(17)18)12(15)8-10/h5-6,8-9,13H,3-4,7H2,1-2H3,(H,17,18). The van der Waals surface area contributed by atoms with Crippen LogP contribution in [-0.2, 0) is 0 Å². The molecule has 0 aliphatic carbocycles. The number of benzene rings is 1. The Labute approximate surface area is 106 Å². The Hall–Kier alpha value is -1.58. The topological polar surface area (TPSA) is 40.5 Å². The number of carbonyl (C=O) groups is 1. The molecule has 0 bridgehead atoms. The molecule has 1 aliphatic rings. The summed E-state index contributed by atoms with van der Waals surface area (Å²) in [5.41, 5.74) is 0.521. The minimum atomic E-state index is -1.22. The fourth-order valence-electron chi connectivity index (χ4n) is 2.66. The highest BCUT2D eigenvalue weighted by Gasteiger charge is 2.27. The largest absolute Gasteiger partial charge is 0.478 e. The van der Waals surface area contributed by atoms with E-state index < -0.39 is 11.8 Å². The lowest BCUT2D eigenvalue weighted by molar-refractivity contribution is 0.0692. The van der Waals surface area contributed by atoms with Crippen LogP contribution in [0.2, 0.25) is 0 Å². The molecular weight excluding hydrogens is 233 g/mol. The summed E-state index contributed by atoms with van der Waals surface area (Å²) < 4.78 is 13.7. The molecule has 1 fully saturated rings. The molecule has 0 amide bonds. The normalized spacial score (nSPS) is 19.6. The molecule has 98 valence electrons. The molecule has 1 saturated heterocycles. The molecule has 1 heterocycles. The zero-order chi connectivity index (χ0) is 13.3. The Morgan fingerprint density at radius 1 is 1.50 bits per heavy atom. The van der Waals surface area contributed by atoms with E-state index in [0.29, 0.717) is 12.0 Å². The Bertz CT molecular complexity index is 459. The minimum Gasteiger partial charge on any atom is -0.478 e. The van der Waals surface area contributed by atoms with Gasteiger partial charge in [-0.2, -0.15) is 0 Å². The van der Waals surface area contributed by atoms with E-state index in [0.717, 1.165) is 25.1 Å². The molecular formula is C14H18FNO2. The van der Waals surface area contributed by atoms with Gasteiger partial charge in [0, 0.05) is 18.3 Å². The zero-order valence-corrected chi connectivity index (χ0v) is 10.7. The Morgan fingerprint density at radius 3 is 2.78 bits per heavy atom. The maximum absolute atomic E-state index is 13.7. The van der Waals surface area contributed by atoms with Crippen molar-refractivity contribution < 1.29 is 14.3 Å². The lowest BCUT2D eigenvalue weighted by Crippen LogP contribution is -2.33. The third kappa shape index (κ3) is 2.33. The maximum Gasteiger partial charge on any atom is 0.338 e. The number of hydrogen-bond acceptors (Lipinski definition) is 2. The second kappa shape index (κ2) is 4.96. The van der Waals surface area contributed by atoms with Crippen LogP contribution >= 0.6 is 0 Å². The van der Waals surface area contributed by atoms with Crippen LogP contribution in [0.15, 0.2) is 18.2 Å². The average Bonchev–Trinajstić information content (AvgIpc) is 2.77.